The third-order valence-corrected chi connectivity index (χ3v) is 26.9. The summed E-state index contributed by atoms with van der Waals surface area (Å²) in [7, 11) is 0. The Labute approximate surface area is 903 Å². The maximum Gasteiger partial charge on any atom is 0.238 e. The van der Waals surface area contributed by atoms with Crippen molar-refractivity contribution >= 4 is 131 Å². The Morgan fingerprint density at radius 3 is 0.700 bits per heavy atom. The molecule has 0 spiro atoms. The molecule has 30 rings (SSSR count). The first-order valence-corrected chi connectivity index (χ1v) is 47.9. The largest absolute Gasteiger partial charge is 0.309 e. The molecule has 15 heteroatoms. The lowest BCUT2D eigenvalue weighted by Crippen LogP contribution is -2.06. The van der Waals surface area contributed by atoms with E-state index in [2.05, 4.69) is 156 Å². The van der Waals surface area contributed by atoms with E-state index in [1.807, 2.05) is 218 Å². The molecular formula is C135H87N15. The Balaban J connectivity index is 0.000000123. The van der Waals surface area contributed by atoms with Crippen molar-refractivity contribution in [1.82, 2.24) is 72.3 Å². The fourth-order valence-corrected chi connectivity index (χ4v) is 20.7. The van der Waals surface area contributed by atoms with Gasteiger partial charge in [-0.2, -0.15) is 29.9 Å². The lowest BCUT2D eigenvalue weighted by molar-refractivity contribution is 0.953. The number of nitrogens with zero attached hydrogens (tertiary/aromatic N) is 15. The van der Waals surface area contributed by atoms with Crippen molar-refractivity contribution < 1.29 is 41.1 Å². The molecule has 150 heavy (non-hydrogen) atoms. The predicted octanol–water partition coefficient (Wildman–Crippen LogP) is 33.2. The van der Waals surface area contributed by atoms with Crippen LogP contribution in [0.5, 0.6) is 0 Å². The fourth-order valence-electron chi connectivity index (χ4n) is 20.7. The molecule has 0 N–H and O–H groups in total. The molecule has 0 aliphatic rings. The first-order valence-electron chi connectivity index (χ1n) is 62.9. The van der Waals surface area contributed by atoms with Crippen molar-refractivity contribution in [2.75, 3.05) is 0 Å². The summed E-state index contributed by atoms with van der Waals surface area (Å²) in [4.78, 5) is 42.1. The Morgan fingerprint density at radius 2 is 0.380 bits per heavy atom. The van der Waals surface area contributed by atoms with E-state index in [1.165, 1.54) is 0 Å². The van der Waals surface area contributed by atoms with Gasteiger partial charge in [-0.25, -0.2) is 15.0 Å². The van der Waals surface area contributed by atoms with Gasteiger partial charge in [0.15, 0.2) is 34.9 Å². The van der Waals surface area contributed by atoms with Crippen LogP contribution in [0, 0.1) is 0 Å². The second-order valence-corrected chi connectivity index (χ2v) is 35.2. The van der Waals surface area contributed by atoms with Crippen LogP contribution in [-0.2, 0) is 0 Å². The van der Waals surface area contributed by atoms with Crippen molar-refractivity contribution in [3.05, 3.63) is 527 Å². The van der Waals surface area contributed by atoms with Crippen molar-refractivity contribution in [3.63, 3.8) is 0 Å². The summed E-state index contributed by atoms with van der Waals surface area (Å²) in [6, 6.07) is 97.3. The molecule has 9 heterocycles. The molecular weight excluding hydrogens is 1830 g/mol. The van der Waals surface area contributed by atoms with E-state index >= 15 is 0 Å². The number of hydrogen-bond donors (Lipinski definition) is 0. The van der Waals surface area contributed by atoms with Crippen LogP contribution in [-0.4, -0.2) is 72.3 Å². The molecule has 9 aromatic heterocycles. The Kier molecular flexibility index (Phi) is 15.2. The van der Waals surface area contributed by atoms with Gasteiger partial charge in [-0.3, -0.25) is 13.7 Å². The van der Waals surface area contributed by atoms with Crippen LogP contribution in [0.25, 0.3) is 267 Å². The zero-order chi connectivity index (χ0) is 125. The second kappa shape index (κ2) is 37.0. The van der Waals surface area contributed by atoms with E-state index in [0.29, 0.717) is 33.1 Å². The number of hydrogen-bond acceptors (Lipinski definition) is 9. The van der Waals surface area contributed by atoms with Crippen LogP contribution in [0.2, 0.25) is 0 Å². The molecule has 702 valence electrons. The van der Waals surface area contributed by atoms with Gasteiger partial charge < -0.3 is 13.7 Å². The molecule has 30 aromatic rings. The Morgan fingerprint density at radius 1 is 0.147 bits per heavy atom. The lowest BCUT2D eigenvalue weighted by atomic mass is 10.0. The van der Waals surface area contributed by atoms with Gasteiger partial charge in [-0.15, -0.1) is 0 Å². The molecule has 0 radical (unpaired) electrons. The van der Waals surface area contributed by atoms with Gasteiger partial charge in [-0.05, 0) is 131 Å². The minimum absolute atomic E-state index is 0.0561. The number of benzene rings is 21. The van der Waals surface area contributed by atoms with Gasteiger partial charge in [0.2, 0.25) is 17.8 Å². The second-order valence-electron chi connectivity index (χ2n) is 35.2. The van der Waals surface area contributed by atoms with Crippen LogP contribution in [0.1, 0.15) is 41.1 Å². The minimum atomic E-state index is -0.609. The van der Waals surface area contributed by atoms with Gasteiger partial charge in [0.05, 0.1) is 113 Å². The Hall–Kier alpha value is -20.5. The molecule has 0 atom stereocenters. The van der Waals surface area contributed by atoms with Gasteiger partial charge in [0, 0.05) is 115 Å². The first-order chi connectivity index (χ1) is 86.9. The van der Waals surface area contributed by atoms with Gasteiger partial charge >= 0.3 is 0 Å². The molecule has 0 aliphatic heterocycles. The summed E-state index contributed by atoms with van der Waals surface area (Å²) in [6.45, 7) is 0. The van der Waals surface area contributed by atoms with Crippen LogP contribution in [0.4, 0.5) is 0 Å². The van der Waals surface area contributed by atoms with E-state index in [-0.39, 0.29) is 86.2 Å². The maximum absolute atomic E-state index is 8.81. The monoisotopic (exact) mass is 1950 g/mol. The van der Waals surface area contributed by atoms with E-state index in [0.717, 1.165) is 148 Å². The number of rotatable bonds is 15. The highest BCUT2D eigenvalue weighted by molar-refractivity contribution is 6.32. The highest BCUT2D eigenvalue weighted by atomic mass is 15.2. The first kappa shape index (κ1) is 61.4. The van der Waals surface area contributed by atoms with Gasteiger partial charge in [0.25, 0.3) is 0 Å². The molecule has 0 saturated carbocycles. The van der Waals surface area contributed by atoms with Gasteiger partial charge in [-0.1, -0.05) is 424 Å². The summed E-state index contributed by atoms with van der Waals surface area (Å²) in [5.74, 6) is -2.17. The van der Waals surface area contributed by atoms with Crippen LogP contribution in [0.15, 0.2) is 527 Å². The summed E-state index contributed by atoms with van der Waals surface area (Å²) >= 11 is 0. The topological polar surface area (TPSA) is 146 Å². The predicted molar refractivity (Wildman–Crippen MR) is 614 cm³/mol. The minimum Gasteiger partial charge on any atom is -0.309 e. The molecule has 0 bridgehead atoms. The summed E-state index contributed by atoms with van der Waals surface area (Å²) in [5.41, 5.74) is 17.1. The van der Waals surface area contributed by atoms with Gasteiger partial charge in [0.1, 0.15) is 0 Å². The van der Waals surface area contributed by atoms with Crippen molar-refractivity contribution in [3.8, 4) is 137 Å². The lowest BCUT2D eigenvalue weighted by Gasteiger charge is -2.14. The van der Waals surface area contributed by atoms with Crippen molar-refractivity contribution in [2.45, 2.75) is 0 Å². The third-order valence-electron chi connectivity index (χ3n) is 26.9. The molecule has 21 aromatic carbocycles. The zero-order valence-corrected chi connectivity index (χ0v) is 78.6. The third kappa shape index (κ3) is 15.1. The molecule has 0 unspecified atom stereocenters. The Bertz CT molecular complexity index is 12100. The van der Waals surface area contributed by atoms with E-state index in [9.17, 15) is 0 Å². The number of aromatic nitrogens is 15. The summed E-state index contributed by atoms with van der Waals surface area (Å²) in [6.07, 6.45) is 0. The fraction of sp³-hybridized carbons (Fsp3) is 0. The normalized spacial score (nSPS) is 14.4. The standard InChI is InChI=1S/3C45H29N5/c1-4-16-30(17-5-1)33-22-10-13-25-36(33)49-37-26-14-11-23-34(37)41-39(49)28-29-40-42(41)35-24-12-15-27-38(35)50(40)45-47-43(31-18-6-2-7-19-31)46-44(48-45)32-20-8-3-9-21-32;1-4-15-30(16-5-1)33-21-14-22-34(29-33)49-37-25-12-10-23-35(37)41-39(49)27-28-40-42(41)36-24-11-13-26-38(36)50(40)45-47-43(31-17-6-2-7-18-31)46-44(48-45)32-19-8-3-9-20-32;1-4-14-30(15-5-1)31-24-26-34(27-25-31)49-37-22-12-10-20-35(37)41-39(49)28-29-40-42(41)36-21-11-13-23-38(36)50(40)45-47-43(32-16-6-2-7-17-32)46-44(48-45)33-18-8-3-9-19-33/h3*1-29H/i2D,3D,6D,7D,8D,9D,18D,19D,20D,21D;2D,3D,6D,7D,8D,9D,17D,18D,19D,20D;2D,3D,6D,7D,8D,9D,16D,17D,18D,19D. The van der Waals surface area contributed by atoms with Crippen LogP contribution < -0.4 is 0 Å². The highest BCUT2D eigenvalue weighted by Crippen LogP contribution is 2.49. The molecule has 15 nitrogen and oxygen atoms in total. The molecule has 0 fully saturated rings. The van der Waals surface area contributed by atoms with Crippen LogP contribution in [0.3, 0.4) is 0 Å². The maximum atomic E-state index is 8.81. The van der Waals surface area contributed by atoms with Crippen molar-refractivity contribution in [1.29, 1.82) is 0 Å². The molecule has 0 amide bonds. The highest BCUT2D eigenvalue weighted by Gasteiger charge is 2.29. The molecule has 0 aliphatic carbocycles. The number of para-hydroxylation sites is 7. The van der Waals surface area contributed by atoms with E-state index in [1.54, 1.807) is 13.7 Å². The number of fused-ring (bicyclic) bond motifs is 21. The SMILES string of the molecule is [2H]c1c([2H])c([2H])c(-c2nc(-c3c([2H])c([2H])c([2H])c([2H])c3[2H])nc(-n3c4ccccc4c4c5c6ccccc6n(-c6ccc(-c7ccccc7)cc6)c5ccc43)n2)c([2H])c1[2H].[2H]c1c([2H])c([2H])c(-c2nc(-c3c([2H])c([2H])c([2H])c([2H])c3[2H])nc(-n3c4ccccc4c4c5c6ccccc6n(-c6cccc(-c7ccccc7)c6)c5ccc43)n2)c([2H])c1[2H].[2H]c1c([2H])c([2H])c(-c2nc(-c3c([2H])c([2H])c([2H])c([2H])c3[2H])nc(-n3c4ccccc4c4c5c6ccccc6n(-c6ccccc6-c6ccccc6)c5ccc43)n2)c([2H])c1[2H]. The summed E-state index contributed by atoms with van der Waals surface area (Å²) in [5, 5.41) is 10.9. The zero-order valence-electron chi connectivity index (χ0n) is 109. The van der Waals surface area contributed by atoms with E-state index < -0.39 is 181 Å². The van der Waals surface area contributed by atoms with Crippen LogP contribution >= 0.6 is 0 Å². The van der Waals surface area contributed by atoms with Crippen molar-refractivity contribution in [2.24, 2.45) is 0 Å². The summed E-state index contributed by atoms with van der Waals surface area (Å²) < 4.78 is 268. The smallest absolute Gasteiger partial charge is 0.238 e. The van der Waals surface area contributed by atoms with E-state index in [4.69, 9.17) is 71.0 Å². The average molecular weight is 1950 g/mol. The average Bonchev–Trinajstić information content (AvgIpc) is 1.54. The molecule has 0 saturated heterocycles. The quantitative estimate of drug-likeness (QED) is 0.0979.